The van der Waals surface area contributed by atoms with Crippen molar-refractivity contribution in [1.29, 1.82) is 0 Å². The highest BCUT2D eigenvalue weighted by Gasteiger charge is 2.05. The molecule has 1 N–H and O–H groups in total. The lowest BCUT2D eigenvalue weighted by molar-refractivity contribution is 0.398. The highest BCUT2D eigenvalue weighted by Crippen LogP contribution is 2.28. The third-order valence-corrected chi connectivity index (χ3v) is 3.64. The first-order chi connectivity index (χ1) is 11.2. The van der Waals surface area contributed by atoms with E-state index in [1.165, 1.54) is 12.1 Å². The van der Waals surface area contributed by atoms with Crippen molar-refractivity contribution in [3.63, 3.8) is 0 Å². The van der Waals surface area contributed by atoms with Crippen molar-refractivity contribution in [2.75, 3.05) is 12.4 Å². The van der Waals surface area contributed by atoms with E-state index in [0.29, 0.717) is 5.88 Å². The lowest BCUT2D eigenvalue weighted by Crippen LogP contribution is -1.94. The van der Waals surface area contributed by atoms with Crippen LogP contribution in [0, 0.1) is 12.7 Å². The molecule has 4 heteroatoms. The van der Waals surface area contributed by atoms with E-state index in [1.54, 1.807) is 25.4 Å². The summed E-state index contributed by atoms with van der Waals surface area (Å²) in [4.78, 5) is 4.24. The first kappa shape index (κ1) is 15.0. The minimum atomic E-state index is -0.245. The number of benzene rings is 2. The summed E-state index contributed by atoms with van der Waals surface area (Å²) >= 11 is 0. The van der Waals surface area contributed by atoms with Crippen LogP contribution in [0.3, 0.4) is 0 Å². The van der Waals surface area contributed by atoms with E-state index in [0.717, 1.165) is 28.1 Å². The van der Waals surface area contributed by atoms with Gasteiger partial charge in [-0.2, -0.15) is 0 Å². The Balaban J connectivity index is 1.90. The number of anilines is 2. The average molecular weight is 308 g/mol. The minimum absolute atomic E-state index is 0.245. The molecule has 3 aromatic rings. The summed E-state index contributed by atoms with van der Waals surface area (Å²) in [7, 11) is 1.60. The molecule has 0 atom stereocenters. The summed E-state index contributed by atoms with van der Waals surface area (Å²) < 4.78 is 18.1. The topological polar surface area (TPSA) is 34.1 Å². The van der Waals surface area contributed by atoms with Crippen LogP contribution in [-0.2, 0) is 0 Å². The van der Waals surface area contributed by atoms with Crippen molar-refractivity contribution in [3.05, 3.63) is 72.2 Å². The second-order valence-electron chi connectivity index (χ2n) is 5.25. The predicted molar refractivity (Wildman–Crippen MR) is 90.6 cm³/mol. The zero-order valence-corrected chi connectivity index (χ0v) is 13.0. The summed E-state index contributed by atoms with van der Waals surface area (Å²) in [6.45, 7) is 2.03. The van der Waals surface area contributed by atoms with Gasteiger partial charge >= 0.3 is 0 Å². The van der Waals surface area contributed by atoms with E-state index in [-0.39, 0.29) is 5.82 Å². The van der Waals surface area contributed by atoms with Crippen LogP contribution in [0.5, 0.6) is 5.88 Å². The maximum Gasteiger partial charge on any atom is 0.212 e. The molecule has 0 aliphatic rings. The van der Waals surface area contributed by atoms with Crippen molar-refractivity contribution in [2.24, 2.45) is 0 Å². The van der Waals surface area contributed by atoms with E-state index >= 15 is 0 Å². The molecular weight excluding hydrogens is 291 g/mol. The number of hydrogen-bond acceptors (Lipinski definition) is 3. The van der Waals surface area contributed by atoms with Gasteiger partial charge in [-0.1, -0.05) is 12.1 Å². The molecule has 116 valence electrons. The maximum atomic E-state index is 13.0. The number of nitrogens with zero attached hydrogens (tertiary/aromatic N) is 1. The van der Waals surface area contributed by atoms with Crippen LogP contribution in [0.1, 0.15) is 5.56 Å². The molecule has 23 heavy (non-hydrogen) atoms. The number of aryl methyl sites for hydroxylation is 1. The molecule has 0 radical (unpaired) electrons. The number of hydrogen-bond donors (Lipinski definition) is 1. The first-order valence-corrected chi connectivity index (χ1v) is 7.29. The molecule has 1 aromatic heterocycles. The van der Waals surface area contributed by atoms with Crippen molar-refractivity contribution >= 4 is 11.4 Å². The second kappa shape index (κ2) is 6.48. The Labute approximate surface area is 134 Å². The van der Waals surface area contributed by atoms with Gasteiger partial charge in [0.15, 0.2) is 0 Å². The summed E-state index contributed by atoms with van der Waals surface area (Å²) in [6, 6.07) is 16.3. The number of pyridine rings is 1. The molecule has 0 spiro atoms. The molecule has 2 aromatic carbocycles. The van der Waals surface area contributed by atoms with E-state index in [2.05, 4.69) is 22.4 Å². The van der Waals surface area contributed by atoms with Gasteiger partial charge in [-0.15, -0.1) is 0 Å². The Morgan fingerprint density at radius 2 is 1.70 bits per heavy atom. The highest BCUT2D eigenvalue weighted by atomic mass is 19.1. The predicted octanol–water partition coefficient (Wildman–Crippen LogP) is 4.95. The van der Waals surface area contributed by atoms with E-state index < -0.39 is 0 Å². The van der Waals surface area contributed by atoms with Gasteiger partial charge in [0.2, 0.25) is 5.88 Å². The Bertz CT molecular complexity index is 799. The van der Waals surface area contributed by atoms with Crippen LogP contribution < -0.4 is 10.1 Å². The third-order valence-electron chi connectivity index (χ3n) is 3.64. The van der Waals surface area contributed by atoms with Crippen molar-refractivity contribution in [2.45, 2.75) is 6.92 Å². The molecule has 0 fully saturated rings. The van der Waals surface area contributed by atoms with Gasteiger partial charge in [-0.25, -0.2) is 9.37 Å². The van der Waals surface area contributed by atoms with Gasteiger partial charge in [0, 0.05) is 29.2 Å². The molecule has 1 heterocycles. The van der Waals surface area contributed by atoms with Gasteiger partial charge in [0.25, 0.3) is 0 Å². The zero-order valence-electron chi connectivity index (χ0n) is 13.0. The quantitative estimate of drug-likeness (QED) is 0.740. The lowest BCUT2D eigenvalue weighted by Gasteiger charge is -2.12. The fraction of sp³-hybridized carbons (Fsp3) is 0.105. The molecule has 0 saturated heterocycles. The number of halogens is 1. The van der Waals surface area contributed by atoms with Crippen LogP contribution in [0.4, 0.5) is 15.8 Å². The summed E-state index contributed by atoms with van der Waals surface area (Å²) in [5.74, 6) is 0.343. The highest BCUT2D eigenvalue weighted by molar-refractivity contribution is 5.72. The van der Waals surface area contributed by atoms with Gasteiger partial charge in [0.1, 0.15) is 5.82 Å². The monoisotopic (exact) mass is 308 g/mol. The molecule has 3 rings (SSSR count). The lowest BCUT2D eigenvalue weighted by atomic mass is 10.0. The first-order valence-electron chi connectivity index (χ1n) is 7.29. The zero-order chi connectivity index (χ0) is 16.2. The van der Waals surface area contributed by atoms with Crippen molar-refractivity contribution < 1.29 is 9.13 Å². The number of methoxy groups -OCH3 is 1. The standard InChI is InChI=1S/C19H17FN2O/c1-13-3-4-14(15-5-10-19(23-2)21-12-15)11-18(13)22-17-8-6-16(20)7-9-17/h3-12,22H,1-2H3. The normalized spacial score (nSPS) is 10.4. The van der Waals surface area contributed by atoms with Gasteiger partial charge in [0.05, 0.1) is 7.11 Å². The molecular formula is C19H17FN2O. The maximum absolute atomic E-state index is 13.0. The Morgan fingerprint density at radius 3 is 2.35 bits per heavy atom. The SMILES string of the molecule is COc1ccc(-c2ccc(C)c(Nc3ccc(F)cc3)c2)cn1. The number of ether oxygens (including phenoxy) is 1. The summed E-state index contributed by atoms with van der Waals surface area (Å²) in [5.41, 5.74) is 4.99. The Kier molecular flexibility index (Phi) is 4.24. The Hall–Kier alpha value is -2.88. The van der Waals surface area contributed by atoms with Gasteiger partial charge in [-0.3, -0.25) is 0 Å². The second-order valence-corrected chi connectivity index (χ2v) is 5.25. The molecule has 0 bridgehead atoms. The van der Waals surface area contributed by atoms with Crippen LogP contribution in [0.25, 0.3) is 11.1 Å². The largest absolute Gasteiger partial charge is 0.481 e. The molecule has 0 amide bonds. The fourth-order valence-corrected chi connectivity index (χ4v) is 2.30. The summed E-state index contributed by atoms with van der Waals surface area (Å²) in [6.07, 6.45) is 1.78. The fourth-order valence-electron chi connectivity index (χ4n) is 2.30. The molecule has 3 nitrogen and oxygen atoms in total. The molecule has 0 aliphatic heterocycles. The number of rotatable bonds is 4. The van der Waals surface area contributed by atoms with Gasteiger partial charge < -0.3 is 10.1 Å². The summed E-state index contributed by atoms with van der Waals surface area (Å²) in [5, 5.41) is 3.32. The number of nitrogens with one attached hydrogen (secondary N) is 1. The van der Waals surface area contributed by atoms with E-state index in [4.69, 9.17) is 4.74 Å². The molecule has 0 saturated carbocycles. The van der Waals surface area contributed by atoms with E-state index in [9.17, 15) is 4.39 Å². The van der Waals surface area contributed by atoms with Crippen LogP contribution in [0.2, 0.25) is 0 Å². The average Bonchev–Trinajstić information content (AvgIpc) is 2.59. The van der Waals surface area contributed by atoms with Gasteiger partial charge in [-0.05, 0) is 54.4 Å². The van der Waals surface area contributed by atoms with Crippen molar-refractivity contribution in [1.82, 2.24) is 4.98 Å². The van der Waals surface area contributed by atoms with Crippen LogP contribution >= 0.6 is 0 Å². The smallest absolute Gasteiger partial charge is 0.212 e. The van der Waals surface area contributed by atoms with E-state index in [1.807, 2.05) is 25.1 Å². The molecule has 0 unspecified atom stereocenters. The van der Waals surface area contributed by atoms with Crippen molar-refractivity contribution in [3.8, 4) is 17.0 Å². The third kappa shape index (κ3) is 3.48. The Morgan fingerprint density at radius 1 is 0.957 bits per heavy atom. The number of aromatic nitrogens is 1. The van der Waals surface area contributed by atoms with Crippen LogP contribution in [0.15, 0.2) is 60.8 Å². The molecule has 0 aliphatic carbocycles. The van der Waals surface area contributed by atoms with Crippen LogP contribution in [-0.4, -0.2) is 12.1 Å². The minimum Gasteiger partial charge on any atom is -0.481 e.